The van der Waals surface area contributed by atoms with Gasteiger partial charge in [0.05, 0.1) is 25.3 Å². The molecule has 0 atom stereocenters. The van der Waals surface area contributed by atoms with Crippen LogP contribution in [0.5, 0.6) is 23.0 Å². The van der Waals surface area contributed by atoms with Gasteiger partial charge < -0.3 is 28.4 Å². The predicted molar refractivity (Wildman–Crippen MR) is 163 cm³/mol. The van der Waals surface area contributed by atoms with Crippen molar-refractivity contribution in [3.63, 3.8) is 0 Å². The molecule has 226 valence electrons. The van der Waals surface area contributed by atoms with Crippen molar-refractivity contribution < 1.29 is 38.0 Å². The first kappa shape index (κ1) is 29.1. The van der Waals surface area contributed by atoms with Gasteiger partial charge in [-0.15, -0.1) is 0 Å². The zero-order valence-electron chi connectivity index (χ0n) is 24.9. The van der Waals surface area contributed by atoms with Crippen LogP contribution in [0.2, 0.25) is 0 Å². The molecular weight excluding hydrogens is 560 g/mol. The molecule has 8 nitrogen and oxygen atoms in total. The van der Waals surface area contributed by atoms with E-state index >= 15 is 0 Å². The minimum absolute atomic E-state index is 0.222. The molecule has 0 amide bonds. The van der Waals surface area contributed by atoms with E-state index in [4.69, 9.17) is 28.4 Å². The Hall–Kier alpha value is -4.98. The summed E-state index contributed by atoms with van der Waals surface area (Å²) in [6.45, 7) is 0.445. The average molecular weight is 595 g/mol. The van der Waals surface area contributed by atoms with Gasteiger partial charge in [0.25, 0.3) is 0 Å². The Morgan fingerprint density at radius 2 is 0.795 bits per heavy atom. The molecule has 4 aromatic carbocycles. The van der Waals surface area contributed by atoms with Crippen LogP contribution in [-0.2, 0) is 48.0 Å². The summed E-state index contributed by atoms with van der Waals surface area (Å²) in [7, 11) is 2.77. The van der Waals surface area contributed by atoms with Crippen LogP contribution in [0.15, 0.2) is 72.8 Å². The molecule has 0 N–H and O–H groups in total. The number of hydrogen-bond acceptors (Lipinski definition) is 8. The number of fused-ring (bicyclic) bond motifs is 2. The Balaban J connectivity index is 1.19. The van der Waals surface area contributed by atoms with E-state index in [2.05, 4.69) is 24.3 Å². The van der Waals surface area contributed by atoms with E-state index in [1.54, 1.807) is 24.3 Å². The van der Waals surface area contributed by atoms with Crippen molar-refractivity contribution in [3.8, 4) is 23.0 Å². The van der Waals surface area contributed by atoms with Gasteiger partial charge >= 0.3 is 11.9 Å². The third-order valence-electron chi connectivity index (χ3n) is 8.17. The van der Waals surface area contributed by atoms with E-state index < -0.39 is 0 Å². The monoisotopic (exact) mass is 594 g/mol. The minimum atomic E-state index is -0.339. The van der Waals surface area contributed by atoms with Crippen molar-refractivity contribution >= 4 is 11.9 Å². The molecule has 0 saturated carbocycles. The lowest BCUT2D eigenvalue weighted by atomic mass is 9.91. The van der Waals surface area contributed by atoms with Gasteiger partial charge in [-0.05, 0) is 120 Å². The Kier molecular flexibility index (Phi) is 8.68. The van der Waals surface area contributed by atoms with E-state index in [1.165, 1.54) is 36.5 Å². The number of hydrogen-bond donors (Lipinski definition) is 0. The normalized spacial score (nSPS) is 12.7. The number of benzene rings is 4. The van der Waals surface area contributed by atoms with Gasteiger partial charge in [0, 0.05) is 0 Å². The summed E-state index contributed by atoms with van der Waals surface area (Å²) in [4.78, 5) is 23.6. The van der Waals surface area contributed by atoms with Gasteiger partial charge in [-0.25, -0.2) is 9.59 Å². The summed E-state index contributed by atoms with van der Waals surface area (Å²) >= 11 is 0. The van der Waals surface area contributed by atoms with Crippen molar-refractivity contribution in [3.05, 3.63) is 117 Å². The number of esters is 2. The SMILES string of the molecule is COC(=O)c1ccc(CCc2cc3c(cc2CCc2cc4c(cc2CCc2ccc(C(=O)OC)cc2)OCO4)OCO3)cc1. The third kappa shape index (κ3) is 6.49. The number of carbonyl (C=O) groups is 2. The molecule has 0 bridgehead atoms. The lowest BCUT2D eigenvalue weighted by molar-refractivity contribution is 0.0592. The molecule has 6 rings (SSSR count). The van der Waals surface area contributed by atoms with Crippen LogP contribution >= 0.6 is 0 Å². The summed E-state index contributed by atoms with van der Waals surface area (Å²) < 4.78 is 32.5. The maximum absolute atomic E-state index is 11.8. The lowest BCUT2D eigenvalue weighted by Gasteiger charge is -2.15. The zero-order valence-corrected chi connectivity index (χ0v) is 24.9. The molecule has 0 unspecified atom stereocenters. The van der Waals surface area contributed by atoms with Crippen molar-refractivity contribution in [1.82, 2.24) is 0 Å². The maximum Gasteiger partial charge on any atom is 0.337 e. The highest BCUT2D eigenvalue weighted by atomic mass is 16.7. The molecular formula is C36H34O8. The van der Waals surface area contributed by atoms with Crippen LogP contribution in [0.4, 0.5) is 0 Å². The van der Waals surface area contributed by atoms with Crippen LogP contribution in [0, 0.1) is 0 Å². The topological polar surface area (TPSA) is 89.5 Å². The van der Waals surface area contributed by atoms with Gasteiger partial charge in [0.2, 0.25) is 13.6 Å². The summed E-state index contributed by atoms with van der Waals surface area (Å²) in [5, 5.41) is 0. The standard InChI is InChI=1S/C36H34O8/c1-39-35(37)25-9-3-23(4-10-25)7-13-27-17-31-33(43-21-41-31)19-29(27)15-16-30-20-34-32(42-22-44-34)18-28(30)14-8-24-5-11-26(12-6-24)36(38)40-2/h3-6,9-12,17-20H,7-8,13-16,21-22H2,1-2H3. The second-order valence-electron chi connectivity index (χ2n) is 10.8. The largest absolute Gasteiger partial charge is 0.465 e. The quantitative estimate of drug-likeness (QED) is 0.193. The van der Waals surface area contributed by atoms with Crippen LogP contribution < -0.4 is 18.9 Å². The van der Waals surface area contributed by atoms with E-state index in [0.717, 1.165) is 72.6 Å². The van der Waals surface area contributed by atoms with Gasteiger partial charge in [-0.1, -0.05) is 24.3 Å². The smallest absolute Gasteiger partial charge is 0.337 e. The molecule has 0 radical (unpaired) electrons. The number of carbonyl (C=O) groups excluding carboxylic acids is 2. The molecule has 0 spiro atoms. The van der Waals surface area contributed by atoms with Crippen molar-refractivity contribution in [2.45, 2.75) is 38.5 Å². The molecule has 0 aliphatic carbocycles. The number of rotatable bonds is 11. The van der Waals surface area contributed by atoms with E-state index in [1.807, 2.05) is 24.3 Å². The Bertz CT molecular complexity index is 1530. The fourth-order valence-electron chi connectivity index (χ4n) is 5.66. The molecule has 0 saturated heterocycles. The fraction of sp³-hybridized carbons (Fsp3) is 0.278. The molecule has 2 heterocycles. The van der Waals surface area contributed by atoms with Crippen molar-refractivity contribution in [2.24, 2.45) is 0 Å². The molecule has 2 aliphatic heterocycles. The predicted octanol–water partition coefficient (Wildman–Crippen LogP) is 6.07. The Morgan fingerprint density at radius 1 is 0.500 bits per heavy atom. The highest BCUT2D eigenvalue weighted by molar-refractivity contribution is 5.89. The fourth-order valence-corrected chi connectivity index (χ4v) is 5.66. The molecule has 2 aliphatic rings. The molecule has 0 fully saturated rings. The number of methoxy groups -OCH3 is 2. The summed E-state index contributed by atoms with van der Waals surface area (Å²) in [5.74, 6) is 2.40. The van der Waals surface area contributed by atoms with Crippen LogP contribution in [0.1, 0.15) is 54.1 Å². The van der Waals surface area contributed by atoms with Crippen LogP contribution in [0.3, 0.4) is 0 Å². The number of aryl methyl sites for hydroxylation is 6. The van der Waals surface area contributed by atoms with Gasteiger partial charge in [-0.3, -0.25) is 0 Å². The minimum Gasteiger partial charge on any atom is -0.465 e. The average Bonchev–Trinajstić information content (AvgIpc) is 3.73. The first-order valence-electron chi connectivity index (χ1n) is 14.7. The Morgan fingerprint density at radius 3 is 1.09 bits per heavy atom. The van der Waals surface area contributed by atoms with Crippen molar-refractivity contribution in [1.29, 1.82) is 0 Å². The lowest BCUT2D eigenvalue weighted by Crippen LogP contribution is -2.04. The second kappa shape index (κ2) is 13.1. The molecule has 8 heteroatoms. The molecule has 44 heavy (non-hydrogen) atoms. The van der Waals surface area contributed by atoms with Gasteiger partial charge in [-0.2, -0.15) is 0 Å². The van der Waals surface area contributed by atoms with Gasteiger partial charge in [0.1, 0.15) is 0 Å². The van der Waals surface area contributed by atoms with E-state index in [9.17, 15) is 9.59 Å². The third-order valence-corrected chi connectivity index (χ3v) is 8.17. The molecule has 4 aromatic rings. The van der Waals surface area contributed by atoms with Crippen LogP contribution in [-0.4, -0.2) is 39.7 Å². The first-order chi connectivity index (χ1) is 21.5. The highest BCUT2D eigenvalue weighted by Gasteiger charge is 2.20. The first-order valence-corrected chi connectivity index (χ1v) is 14.7. The van der Waals surface area contributed by atoms with Crippen molar-refractivity contribution in [2.75, 3.05) is 27.8 Å². The van der Waals surface area contributed by atoms with Gasteiger partial charge in [0.15, 0.2) is 23.0 Å². The Labute approximate surface area is 256 Å². The number of ether oxygens (including phenoxy) is 6. The highest BCUT2D eigenvalue weighted by Crippen LogP contribution is 2.38. The summed E-state index contributed by atoms with van der Waals surface area (Å²) in [5.41, 5.74) is 8.19. The van der Waals surface area contributed by atoms with E-state index in [0.29, 0.717) is 11.1 Å². The summed E-state index contributed by atoms with van der Waals surface area (Å²) in [6, 6.07) is 23.5. The van der Waals surface area contributed by atoms with Crippen LogP contribution in [0.25, 0.3) is 0 Å². The zero-order chi connectivity index (χ0) is 30.5. The maximum atomic E-state index is 11.8. The van der Waals surface area contributed by atoms with E-state index in [-0.39, 0.29) is 25.5 Å². The second-order valence-corrected chi connectivity index (χ2v) is 10.8. The molecule has 0 aromatic heterocycles. The summed E-state index contributed by atoms with van der Waals surface area (Å²) in [6.07, 6.45) is 4.90.